The van der Waals surface area contributed by atoms with Crippen molar-refractivity contribution in [3.63, 3.8) is 0 Å². The van der Waals surface area contributed by atoms with Gasteiger partial charge in [-0.25, -0.2) is 14.8 Å². The molecule has 144 valence electrons. The first-order valence-corrected chi connectivity index (χ1v) is 9.87. The van der Waals surface area contributed by atoms with Crippen LogP contribution in [0.25, 0.3) is 33.0 Å². The first-order valence-electron chi connectivity index (χ1n) is 9.05. The molecule has 29 heavy (non-hydrogen) atoms. The maximum absolute atomic E-state index is 12.7. The number of aryl methyl sites for hydroxylation is 2. The van der Waals surface area contributed by atoms with E-state index in [0.717, 1.165) is 31.3 Å². The summed E-state index contributed by atoms with van der Waals surface area (Å²) in [6.45, 7) is 0. The Morgan fingerprint density at radius 1 is 0.759 bits per heavy atom. The Hall–Kier alpha value is -3.39. The second kappa shape index (κ2) is 6.31. The monoisotopic (exact) mass is 403 g/mol. The largest absolute Gasteiger partial charge is 0.332 e. The van der Waals surface area contributed by atoms with Gasteiger partial charge in [-0.2, -0.15) is 0 Å². The van der Waals surface area contributed by atoms with Gasteiger partial charge in [-0.1, -0.05) is 48.2 Å². The molecule has 0 unspecified atom stereocenters. The zero-order valence-electron chi connectivity index (χ0n) is 16.1. The number of hydrogen-bond acceptors (Lipinski definition) is 5. The fourth-order valence-corrected chi connectivity index (χ4v) is 4.70. The molecule has 3 heterocycles. The van der Waals surface area contributed by atoms with E-state index in [1.54, 1.807) is 18.7 Å². The summed E-state index contributed by atoms with van der Waals surface area (Å²) in [5.74, 6) is 0. The van der Waals surface area contributed by atoms with Crippen LogP contribution in [0.4, 0.5) is 0 Å². The third kappa shape index (κ3) is 2.52. The van der Waals surface area contributed by atoms with Crippen molar-refractivity contribution in [3.8, 4) is 0 Å². The van der Waals surface area contributed by atoms with Crippen molar-refractivity contribution in [1.29, 1.82) is 0 Å². The van der Waals surface area contributed by atoms with Gasteiger partial charge in [0.2, 0.25) is 0 Å². The lowest BCUT2D eigenvalue weighted by atomic mass is 10.1. The fourth-order valence-electron chi connectivity index (χ4n) is 3.59. The van der Waals surface area contributed by atoms with Crippen LogP contribution in [0.5, 0.6) is 0 Å². The van der Waals surface area contributed by atoms with E-state index in [1.807, 2.05) is 48.5 Å². The topological polar surface area (TPSA) is 74.7 Å². The predicted molar refractivity (Wildman–Crippen MR) is 115 cm³/mol. The van der Waals surface area contributed by atoms with Gasteiger partial charge < -0.3 is 4.57 Å². The molecule has 0 bridgehead atoms. The Bertz CT molecular complexity index is 1510. The van der Waals surface area contributed by atoms with Crippen molar-refractivity contribution in [1.82, 2.24) is 23.7 Å². The standard InChI is InChI=1S/C21H17N5O2S/c1-24-16-18(25(2)21(28)26(3)19(16)27)23-20(24)29-17-12-8-4-6-10-14(12)22-15-11-7-5-9-13(15)17/h4-11H,1-3H3. The van der Waals surface area contributed by atoms with Gasteiger partial charge in [-0.05, 0) is 12.1 Å². The van der Waals surface area contributed by atoms with Crippen molar-refractivity contribution < 1.29 is 0 Å². The van der Waals surface area contributed by atoms with Crippen LogP contribution >= 0.6 is 11.8 Å². The number of rotatable bonds is 2. The maximum Gasteiger partial charge on any atom is 0.332 e. The molecule has 0 aliphatic carbocycles. The van der Waals surface area contributed by atoms with Crippen molar-refractivity contribution in [3.05, 3.63) is 69.4 Å². The number of fused-ring (bicyclic) bond motifs is 3. The van der Waals surface area contributed by atoms with Gasteiger partial charge in [0.15, 0.2) is 16.3 Å². The van der Waals surface area contributed by atoms with Crippen molar-refractivity contribution in [2.24, 2.45) is 21.1 Å². The molecular weight excluding hydrogens is 386 g/mol. The number of hydrogen-bond donors (Lipinski definition) is 0. The van der Waals surface area contributed by atoms with E-state index in [-0.39, 0.29) is 5.56 Å². The number of pyridine rings is 1. The van der Waals surface area contributed by atoms with Crippen LogP contribution < -0.4 is 11.2 Å². The Morgan fingerprint density at radius 2 is 1.34 bits per heavy atom. The van der Waals surface area contributed by atoms with Crippen LogP contribution in [0.15, 0.2) is 68.2 Å². The Kier molecular flexibility index (Phi) is 3.85. The molecule has 0 amide bonds. The molecule has 0 N–H and O–H groups in total. The highest BCUT2D eigenvalue weighted by Crippen LogP contribution is 2.38. The van der Waals surface area contributed by atoms with Gasteiger partial charge in [0, 0.05) is 36.8 Å². The molecule has 5 rings (SSSR count). The van der Waals surface area contributed by atoms with E-state index < -0.39 is 5.69 Å². The molecule has 0 saturated carbocycles. The summed E-state index contributed by atoms with van der Waals surface area (Å²) in [6.07, 6.45) is 0. The molecule has 0 atom stereocenters. The molecule has 7 nitrogen and oxygen atoms in total. The quantitative estimate of drug-likeness (QED) is 0.424. The summed E-state index contributed by atoms with van der Waals surface area (Å²) >= 11 is 1.48. The zero-order valence-corrected chi connectivity index (χ0v) is 16.9. The Balaban J connectivity index is 1.83. The van der Waals surface area contributed by atoms with Gasteiger partial charge in [0.25, 0.3) is 5.56 Å². The summed E-state index contributed by atoms with van der Waals surface area (Å²) < 4.78 is 4.27. The average molecular weight is 403 g/mol. The lowest BCUT2D eigenvalue weighted by Crippen LogP contribution is -2.37. The summed E-state index contributed by atoms with van der Waals surface area (Å²) in [5.41, 5.74) is 1.84. The summed E-state index contributed by atoms with van der Waals surface area (Å²) in [7, 11) is 4.91. The Morgan fingerprint density at radius 3 is 1.97 bits per heavy atom. The van der Waals surface area contributed by atoms with Crippen LogP contribution in [-0.2, 0) is 21.1 Å². The minimum atomic E-state index is -0.392. The van der Waals surface area contributed by atoms with Crippen molar-refractivity contribution in [2.75, 3.05) is 0 Å². The Labute approximate surface area is 169 Å². The SMILES string of the molecule is Cn1c(=O)c2c(nc(Sc3c4ccccc4nc4ccccc34)n2C)n(C)c1=O. The second-order valence-electron chi connectivity index (χ2n) is 6.91. The van der Waals surface area contributed by atoms with Gasteiger partial charge in [0.05, 0.1) is 11.0 Å². The highest BCUT2D eigenvalue weighted by Gasteiger charge is 2.19. The average Bonchev–Trinajstić information content (AvgIpc) is 3.07. The van der Waals surface area contributed by atoms with E-state index in [9.17, 15) is 9.59 Å². The first kappa shape index (κ1) is 17.7. The summed E-state index contributed by atoms with van der Waals surface area (Å²) in [5, 5.41) is 2.68. The molecule has 3 aromatic heterocycles. The molecule has 5 aromatic rings. The minimum absolute atomic E-state index is 0.352. The fraction of sp³-hybridized carbons (Fsp3) is 0.143. The summed E-state index contributed by atoms with van der Waals surface area (Å²) in [4.78, 5) is 35.4. The molecule has 0 aliphatic heterocycles. The van der Waals surface area contributed by atoms with E-state index in [0.29, 0.717) is 16.3 Å². The third-order valence-electron chi connectivity index (χ3n) is 5.17. The van der Waals surface area contributed by atoms with Gasteiger partial charge >= 0.3 is 5.69 Å². The van der Waals surface area contributed by atoms with Crippen LogP contribution in [-0.4, -0.2) is 23.7 Å². The molecule has 0 aliphatic rings. The van der Waals surface area contributed by atoms with Crippen molar-refractivity contribution >= 4 is 44.7 Å². The highest BCUT2D eigenvalue weighted by atomic mass is 32.2. The minimum Gasteiger partial charge on any atom is -0.316 e. The van der Waals surface area contributed by atoms with E-state index in [1.165, 1.54) is 23.4 Å². The maximum atomic E-state index is 12.7. The third-order valence-corrected chi connectivity index (χ3v) is 6.36. The number of imidazole rings is 1. The highest BCUT2D eigenvalue weighted by molar-refractivity contribution is 7.99. The van der Waals surface area contributed by atoms with Crippen LogP contribution in [0.2, 0.25) is 0 Å². The molecule has 0 saturated heterocycles. The molecule has 8 heteroatoms. The normalized spacial score (nSPS) is 11.7. The second-order valence-corrected chi connectivity index (χ2v) is 7.89. The van der Waals surface area contributed by atoms with Crippen LogP contribution in [0.3, 0.4) is 0 Å². The zero-order chi connectivity index (χ0) is 20.3. The van der Waals surface area contributed by atoms with Crippen molar-refractivity contribution in [2.45, 2.75) is 10.1 Å². The number of nitrogens with zero attached hydrogens (tertiary/aromatic N) is 5. The molecule has 2 aromatic carbocycles. The molecule has 0 radical (unpaired) electrons. The lowest BCUT2D eigenvalue weighted by Gasteiger charge is -2.10. The van der Waals surface area contributed by atoms with E-state index in [4.69, 9.17) is 4.98 Å². The lowest BCUT2D eigenvalue weighted by molar-refractivity contribution is 0.705. The van der Waals surface area contributed by atoms with E-state index in [2.05, 4.69) is 4.98 Å². The van der Waals surface area contributed by atoms with Crippen LogP contribution in [0.1, 0.15) is 0 Å². The van der Waals surface area contributed by atoms with Gasteiger partial charge in [-0.15, -0.1) is 0 Å². The molecule has 0 fully saturated rings. The predicted octanol–water partition coefficient (Wildman–Crippen LogP) is 2.82. The molecule has 0 spiro atoms. The van der Waals surface area contributed by atoms with Gasteiger partial charge in [-0.3, -0.25) is 13.9 Å². The van der Waals surface area contributed by atoms with Crippen LogP contribution in [0, 0.1) is 0 Å². The van der Waals surface area contributed by atoms with E-state index >= 15 is 0 Å². The summed E-state index contributed by atoms with van der Waals surface area (Å²) in [6, 6.07) is 15.9. The van der Waals surface area contributed by atoms with Gasteiger partial charge in [0.1, 0.15) is 0 Å². The number of para-hydroxylation sites is 2. The number of benzene rings is 2. The smallest absolute Gasteiger partial charge is 0.316 e. The first-order chi connectivity index (χ1) is 14.0. The molecular formula is C21H17N5O2S. The number of aromatic nitrogens is 5.